The van der Waals surface area contributed by atoms with E-state index in [1.807, 2.05) is 37.5 Å². The van der Waals surface area contributed by atoms with Crippen molar-refractivity contribution in [1.29, 1.82) is 0 Å². The van der Waals surface area contributed by atoms with Gasteiger partial charge in [-0.25, -0.2) is 14.4 Å². The zero-order valence-electron chi connectivity index (χ0n) is 14.8. The largest absolute Gasteiger partial charge is 0.346 e. The van der Waals surface area contributed by atoms with Crippen LogP contribution in [0.25, 0.3) is 11.2 Å². The summed E-state index contributed by atoms with van der Waals surface area (Å²) in [5.74, 6) is -0.0968. The van der Waals surface area contributed by atoms with Gasteiger partial charge in [0.15, 0.2) is 5.65 Å². The van der Waals surface area contributed by atoms with Crippen molar-refractivity contribution in [2.75, 3.05) is 0 Å². The molecule has 0 spiro atoms. The smallest absolute Gasteiger partial charge is 0.225 e. The zero-order chi connectivity index (χ0) is 18.8. The van der Waals surface area contributed by atoms with Crippen LogP contribution in [0.4, 0.5) is 4.39 Å². The van der Waals surface area contributed by atoms with Crippen LogP contribution < -0.4 is 5.32 Å². The monoisotopic (exact) mass is 374 g/mol. The first-order valence-corrected chi connectivity index (χ1v) is 8.81. The van der Waals surface area contributed by atoms with Crippen LogP contribution in [0.2, 0.25) is 5.02 Å². The van der Waals surface area contributed by atoms with Crippen LogP contribution in [0.3, 0.4) is 0 Å². The number of pyridine rings is 1. The number of fused-ring (bicyclic) bond motifs is 1. The molecular formula is C19H20ClFN4O. The molecular weight excluding hydrogens is 355 g/mol. The normalized spacial score (nSPS) is 12.5. The van der Waals surface area contributed by atoms with Crippen molar-refractivity contribution in [1.82, 2.24) is 19.9 Å². The van der Waals surface area contributed by atoms with E-state index in [1.54, 1.807) is 12.3 Å². The molecule has 2 heterocycles. The zero-order valence-corrected chi connectivity index (χ0v) is 15.6. The number of aromatic nitrogens is 3. The Kier molecular flexibility index (Phi) is 5.23. The summed E-state index contributed by atoms with van der Waals surface area (Å²) in [6, 6.07) is 7.86. The summed E-state index contributed by atoms with van der Waals surface area (Å²) in [6.07, 6.45) is 1.59. The predicted molar refractivity (Wildman–Crippen MR) is 99.6 cm³/mol. The number of carbonyl (C=O) groups is 1. The minimum Gasteiger partial charge on any atom is -0.346 e. The first kappa shape index (κ1) is 18.3. The van der Waals surface area contributed by atoms with E-state index in [1.165, 1.54) is 12.1 Å². The number of hydrogen-bond donors (Lipinski definition) is 1. The van der Waals surface area contributed by atoms with E-state index >= 15 is 0 Å². The van der Waals surface area contributed by atoms with E-state index in [0.29, 0.717) is 5.82 Å². The Morgan fingerprint density at radius 2 is 2.04 bits per heavy atom. The predicted octanol–water partition coefficient (Wildman–Crippen LogP) is 4.22. The van der Waals surface area contributed by atoms with Crippen LogP contribution >= 0.6 is 11.6 Å². The number of carbonyl (C=O) groups excluding carboxylic acids is 1. The molecule has 2 aromatic heterocycles. The van der Waals surface area contributed by atoms with E-state index in [9.17, 15) is 9.18 Å². The lowest BCUT2D eigenvalue weighted by Crippen LogP contribution is -2.30. The summed E-state index contributed by atoms with van der Waals surface area (Å²) < 4.78 is 15.9. The summed E-state index contributed by atoms with van der Waals surface area (Å²) in [4.78, 5) is 21.4. The lowest BCUT2D eigenvalue weighted by Gasteiger charge is -2.18. The summed E-state index contributed by atoms with van der Waals surface area (Å²) in [5, 5.41) is 3.12. The molecule has 7 heteroatoms. The average molecular weight is 375 g/mol. The number of amides is 1. The third kappa shape index (κ3) is 3.55. The van der Waals surface area contributed by atoms with Crippen LogP contribution in [-0.2, 0) is 11.2 Å². The molecule has 0 radical (unpaired) electrons. The quantitative estimate of drug-likeness (QED) is 0.727. The highest BCUT2D eigenvalue weighted by molar-refractivity contribution is 6.31. The molecule has 1 aromatic carbocycles. The minimum atomic E-state index is -0.487. The Bertz CT molecular complexity index is 934. The van der Waals surface area contributed by atoms with Crippen LogP contribution in [0.5, 0.6) is 0 Å². The Morgan fingerprint density at radius 1 is 1.27 bits per heavy atom. The third-order valence-corrected chi connectivity index (χ3v) is 4.51. The highest BCUT2D eigenvalue weighted by Gasteiger charge is 2.21. The van der Waals surface area contributed by atoms with E-state index in [4.69, 9.17) is 11.6 Å². The third-order valence-electron chi connectivity index (χ3n) is 4.16. The molecule has 3 aromatic rings. The molecule has 5 nitrogen and oxygen atoms in total. The lowest BCUT2D eigenvalue weighted by molar-refractivity contribution is -0.121. The number of rotatable bonds is 5. The molecule has 1 N–H and O–H groups in total. The summed E-state index contributed by atoms with van der Waals surface area (Å²) in [5.41, 5.74) is 1.74. The number of imidazole rings is 1. The minimum absolute atomic E-state index is 0.129. The molecule has 1 atom stereocenters. The lowest BCUT2D eigenvalue weighted by atomic mass is 10.1. The van der Waals surface area contributed by atoms with Gasteiger partial charge in [0, 0.05) is 22.8 Å². The van der Waals surface area contributed by atoms with Gasteiger partial charge in [0.25, 0.3) is 0 Å². The highest BCUT2D eigenvalue weighted by atomic mass is 35.5. The number of benzene rings is 1. The fourth-order valence-corrected chi connectivity index (χ4v) is 3.21. The first-order valence-electron chi connectivity index (χ1n) is 8.43. The molecule has 1 unspecified atom stereocenters. The Morgan fingerprint density at radius 3 is 2.73 bits per heavy atom. The van der Waals surface area contributed by atoms with Crippen molar-refractivity contribution < 1.29 is 9.18 Å². The van der Waals surface area contributed by atoms with Gasteiger partial charge in [0.1, 0.15) is 17.2 Å². The fraction of sp³-hybridized carbons (Fsp3) is 0.316. The maximum absolute atomic E-state index is 13.9. The van der Waals surface area contributed by atoms with Crippen LogP contribution in [-0.4, -0.2) is 20.4 Å². The summed E-state index contributed by atoms with van der Waals surface area (Å²) >= 11 is 6.00. The maximum Gasteiger partial charge on any atom is 0.225 e. The van der Waals surface area contributed by atoms with Crippen molar-refractivity contribution >= 4 is 28.7 Å². The van der Waals surface area contributed by atoms with E-state index < -0.39 is 5.82 Å². The second-order valence-corrected chi connectivity index (χ2v) is 6.85. The molecule has 0 saturated heterocycles. The fourth-order valence-electron chi connectivity index (χ4n) is 2.98. The van der Waals surface area contributed by atoms with Crippen molar-refractivity contribution in [3.8, 4) is 0 Å². The number of nitrogens with one attached hydrogen (secondary N) is 1. The number of hydrogen-bond acceptors (Lipinski definition) is 3. The SMILES string of the molecule is CC(NC(=O)Cc1c(F)cccc1Cl)c1nc2cccnc2n1C(C)C. The average Bonchev–Trinajstić information content (AvgIpc) is 2.98. The molecule has 0 aliphatic carbocycles. The van der Waals surface area contributed by atoms with Gasteiger partial charge in [-0.05, 0) is 45.0 Å². The van der Waals surface area contributed by atoms with Gasteiger partial charge in [-0.15, -0.1) is 0 Å². The molecule has 26 heavy (non-hydrogen) atoms. The molecule has 0 fully saturated rings. The Hall–Kier alpha value is -2.47. The second-order valence-electron chi connectivity index (χ2n) is 6.45. The van der Waals surface area contributed by atoms with Gasteiger partial charge in [0.05, 0.1) is 12.5 Å². The van der Waals surface area contributed by atoms with E-state index in [2.05, 4.69) is 15.3 Å². The van der Waals surface area contributed by atoms with E-state index in [0.717, 1.165) is 11.2 Å². The first-order chi connectivity index (χ1) is 12.4. The standard InChI is InChI=1S/C19H20ClFN4O/c1-11(2)25-18(24-16-8-5-9-22-19(16)25)12(3)23-17(26)10-13-14(20)6-4-7-15(13)21/h4-9,11-12H,10H2,1-3H3,(H,23,26). The second kappa shape index (κ2) is 7.41. The van der Waals surface area contributed by atoms with Gasteiger partial charge < -0.3 is 9.88 Å². The summed E-state index contributed by atoms with van der Waals surface area (Å²) in [6.45, 7) is 5.92. The van der Waals surface area contributed by atoms with E-state index in [-0.39, 0.29) is 35.0 Å². The van der Waals surface area contributed by atoms with Crippen molar-refractivity contribution in [3.05, 3.63) is 58.8 Å². The molecule has 0 bridgehead atoms. The number of nitrogens with zero attached hydrogens (tertiary/aromatic N) is 3. The van der Waals surface area contributed by atoms with Crippen molar-refractivity contribution in [2.24, 2.45) is 0 Å². The molecule has 0 saturated carbocycles. The topological polar surface area (TPSA) is 59.8 Å². The van der Waals surface area contributed by atoms with Gasteiger partial charge in [-0.1, -0.05) is 17.7 Å². The van der Waals surface area contributed by atoms with Gasteiger partial charge in [-0.3, -0.25) is 4.79 Å². The van der Waals surface area contributed by atoms with Crippen molar-refractivity contribution in [3.63, 3.8) is 0 Å². The van der Waals surface area contributed by atoms with Crippen molar-refractivity contribution in [2.45, 2.75) is 39.3 Å². The van der Waals surface area contributed by atoms with Gasteiger partial charge in [0.2, 0.25) is 5.91 Å². The Balaban J connectivity index is 1.84. The van der Waals surface area contributed by atoms with Crippen LogP contribution in [0.1, 0.15) is 44.2 Å². The molecule has 1 amide bonds. The number of halogens is 2. The molecule has 3 rings (SSSR count). The van der Waals surface area contributed by atoms with Gasteiger partial charge >= 0.3 is 0 Å². The molecule has 0 aliphatic heterocycles. The Labute approximate surface area is 156 Å². The molecule has 136 valence electrons. The van der Waals surface area contributed by atoms with Crippen LogP contribution in [0, 0.1) is 5.82 Å². The van der Waals surface area contributed by atoms with Crippen LogP contribution in [0.15, 0.2) is 36.5 Å². The maximum atomic E-state index is 13.9. The summed E-state index contributed by atoms with van der Waals surface area (Å²) in [7, 11) is 0. The van der Waals surface area contributed by atoms with Gasteiger partial charge in [-0.2, -0.15) is 0 Å². The molecule has 0 aliphatic rings. The highest BCUT2D eigenvalue weighted by Crippen LogP contribution is 2.24.